The maximum atomic E-state index is 13.1. The van der Waals surface area contributed by atoms with Crippen LogP contribution in [0.25, 0.3) is 21.5 Å². The summed E-state index contributed by atoms with van der Waals surface area (Å²) in [7, 11) is -21.4. The van der Waals surface area contributed by atoms with Crippen molar-refractivity contribution in [2.75, 3.05) is 16.0 Å². The molecule has 0 bridgehead atoms. The van der Waals surface area contributed by atoms with E-state index in [4.69, 9.17) is 0 Å². The minimum Gasteiger partial charge on any atom is -0.744 e. The largest absolute Gasteiger partial charge is 1.00 e. The van der Waals surface area contributed by atoms with Gasteiger partial charge in [0.15, 0.2) is 11.5 Å². The first-order chi connectivity index (χ1) is 34.3. The number of rotatable bonds is 14. The van der Waals surface area contributed by atoms with Gasteiger partial charge in [0.25, 0.3) is 11.8 Å². The fraction of sp³-hybridized carbons (Fsp3) is 0. The number of phenols is 2. The fourth-order valence-corrected chi connectivity index (χ4v) is 9.51. The van der Waals surface area contributed by atoms with Gasteiger partial charge < -0.3 is 44.4 Å². The first-order valence-corrected chi connectivity index (χ1v) is 26.0. The molecule has 0 aliphatic heterocycles. The van der Waals surface area contributed by atoms with Crippen molar-refractivity contribution < 1.29 is 190 Å². The van der Waals surface area contributed by atoms with E-state index < -0.39 is 117 Å². The summed E-state index contributed by atoms with van der Waals surface area (Å²) in [4.78, 5) is 22.0. The molecule has 0 saturated heterocycles. The van der Waals surface area contributed by atoms with Gasteiger partial charge in [0.2, 0.25) is 0 Å². The molecule has 8 aromatic rings. The van der Waals surface area contributed by atoms with E-state index in [1.54, 1.807) is 12.1 Å². The SMILES string of the molecule is O=C(Nc1cc(S(=O)(=O)[O-])cc2cc(S(=O)(=O)[O-])c(N=Nc3ccc(Nc4ccc(N=Nc5c(S(=O)(=O)[O-])cc6cc(S(=O)(=O)[O-])cc(NC(=O)c7ccccc7)c6c5O)cc4)cc3)c(O)c12)c1ccccc1.[Na+].[Na+].[Na+].[Na+]. The molecule has 0 saturated carbocycles. The second kappa shape index (κ2) is 26.2. The summed E-state index contributed by atoms with van der Waals surface area (Å²) in [6.45, 7) is 0. The van der Waals surface area contributed by atoms with Crippen LogP contribution in [0, 0.1) is 0 Å². The van der Waals surface area contributed by atoms with Gasteiger partial charge in [-0.05, 0) is 120 Å². The molecule has 0 aliphatic rings. The maximum absolute atomic E-state index is 13.1. The van der Waals surface area contributed by atoms with Gasteiger partial charge in [-0.1, -0.05) is 36.4 Å². The van der Waals surface area contributed by atoms with Crippen molar-refractivity contribution in [2.45, 2.75) is 19.6 Å². The predicted octanol–water partition coefficient (Wildman–Crippen LogP) is -3.88. The third kappa shape index (κ3) is 15.4. The molecule has 0 aromatic heterocycles. The van der Waals surface area contributed by atoms with Crippen LogP contribution in [-0.4, -0.2) is 73.9 Å². The normalized spacial score (nSPS) is 11.7. The molecule has 0 aliphatic carbocycles. The number of benzene rings is 8. The molecule has 31 heteroatoms. The van der Waals surface area contributed by atoms with E-state index in [-0.39, 0.29) is 152 Å². The second-order valence-corrected chi connectivity index (χ2v) is 20.8. The minimum atomic E-state index is -5.47. The van der Waals surface area contributed by atoms with Gasteiger partial charge in [0.1, 0.15) is 51.8 Å². The summed E-state index contributed by atoms with van der Waals surface area (Å²) < 4.78 is 147. The van der Waals surface area contributed by atoms with Crippen LogP contribution < -0.4 is 134 Å². The average molecular weight is 1160 g/mol. The molecule has 0 heterocycles. The average Bonchev–Trinajstić information content (AvgIpc) is 3.33. The van der Waals surface area contributed by atoms with Crippen LogP contribution >= 0.6 is 0 Å². The summed E-state index contributed by atoms with van der Waals surface area (Å²) in [6, 6.07) is 30.9. The van der Waals surface area contributed by atoms with Crippen molar-refractivity contribution in [3.8, 4) is 11.5 Å². The van der Waals surface area contributed by atoms with Crippen LogP contribution in [0.5, 0.6) is 11.5 Å². The molecule has 372 valence electrons. The van der Waals surface area contributed by atoms with E-state index in [2.05, 4.69) is 36.4 Å². The predicted molar refractivity (Wildman–Crippen MR) is 256 cm³/mol. The van der Waals surface area contributed by atoms with Crippen molar-refractivity contribution >= 4 is 119 Å². The van der Waals surface area contributed by atoms with E-state index in [1.807, 2.05) is 0 Å². The number of nitrogens with one attached hydrogen (secondary N) is 3. The Morgan fingerprint density at radius 2 is 0.740 bits per heavy atom. The van der Waals surface area contributed by atoms with Crippen LogP contribution in [0.1, 0.15) is 20.7 Å². The molecular formula is C46H29N7Na4O16S4. The molecule has 2 amide bonds. The van der Waals surface area contributed by atoms with Crippen LogP contribution in [0.4, 0.5) is 45.5 Å². The molecule has 0 unspecified atom stereocenters. The van der Waals surface area contributed by atoms with Crippen LogP contribution in [0.15, 0.2) is 186 Å². The standard InChI is InChI=1S/C46H33N7O16S4.4Na/c54-43-39-27(19-33(70(58,59)60)23-35(39)48-45(56)25-7-3-1-4-8-25)21-37(72(64,65)66)41(43)52-50-31-15-11-29(12-16-31)47-30-13-17-32(18-14-30)51-53-42-38(73(67,68)69)22-28-20-34(71(61,62)63)24-36(40(28)44(42)55)49-46(57)26-9-5-2-6-10-26;;;;/h1-24,47,54-55H,(H,48,56)(H,49,57)(H,58,59,60)(H,61,62,63)(H,64,65,66)(H,67,68,69);;;;/q;4*+1/p-4. The van der Waals surface area contributed by atoms with E-state index >= 15 is 0 Å². The number of phenolic OH excluding ortho intramolecular Hbond substituents is 2. The van der Waals surface area contributed by atoms with Gasteiger partial charge in [-0.15, -0.1) is 10.2 Å². The molecule has 0 fully saturated rings. The van der Waals surface area contributed by atoms with E-state index in [0.717, 1.165) is 12.1 Å². The van der Waals surface area contributed by atoms with Gasteiger partial charge in [0.05, 0.1) is 42.3 Å². The number of fused-ring (bicyclic) bond motifs is 2. The molecular weight excluding hydrogens is 1130 g/mol. The molecule has 0 atom stereocenters. The van der Waals surface area contributed by atoms with Gasteiger partial charge in [-0.3, -0.25) is 9.59 Å². The molecule has 0 spiro atoms. The van der Waals surface area contributed by atoms with Gasteiger partial charge in [0, 0.05) is 33.3 Å². The third-order valence-electron chi connectivity index (χ3n) is 10.5. The molecule has 0 radical (unpaired) electrons. The fourth-order valence-electron chi connectivity index (χ4n) is 7.15. The molecule has 77 heavy (non-hydrogen) atoms. The minimum absolute atomic E-state index is 0. The Bertz CT molecular complexity index is 3850. The maximum Gasteiger partial charge on any atom is 1.00 e. The number of carbonyl (C=O) groups excluding carboxylic acids is 2. The van der Waals surface area contributed by atoms with Crippen LogP contribution in [-0.2, 0) is 40.5 Å². The Balaban J connectivity index is 0.00000320. The number of carbonyl (C=O) groups is 2. The summed E-state index contributed by atoms with van der Waals surface area (Å²) >= 11 is 0. The number of anilines is 4. The monoisotopic (exact) mass is 1160 g/mol. The Morgan fingerprint density at radius 3 is 1.04 bits per heavy atom. The number of hydrogen-bond acceptors (Lipinski definition) is 21. The molecule has 8 aromatic carbocycles. The van der Waals surface area contributed by atoms with Crippen molar-refractivity contribution in [2.24, 2.45) is 20.5 Å². The zero-order valence-corrected chi connectivity index (χ0v) is 51.7. The smallest absolute Gasteiger partial charge is 0.744 e. The van der Waals surface area contributed by atoms with Gasteiger partial charge in [-0.2, -0.15) is 10.2 Å². The van der Waals surface area contributed by atoms with Gasteiger partial charge >= 0.3 is 118 Å². The molecule has 5 N–H and O–H groups in total. The number of azo groups is 2. The van der Waals surface area contributed by atoms with Crippen molar-refractivity contribution in [3.63, 3.8) is 0 Å². The number of amides is 2. The topological polar surface area (TPSA) is 389 Å². The van der Waals surface area contributed by atoms with E-state index in [1.165, 1.54) is 97.1 Å². The second-order valence-electron chi connectivity index (χ2n) is 15.4. The van der Waals surface area contributed by atoms with Crippen molar-refractivity contribution in [1.29, 1.82) is 0 Å². The number of nitrogens with zero attached hydrogens (tertiary/aromatic N) is 4. The Labute approximate surface area is 526 Å². The molecule has 23 nitrogen and oxygen atoms in total. The third-order valence-corrected chi connectivity index (χ3v) is 13.8. The van der Waals surface area contributed by atoms with Gasteiger partial charge in [-0.25, -0.2) is 33.7 Å². The molecule has 8 rings (SSSR count). The summed E-state index contributed by atoms with van der Waals surface area (Å²) in [6.07, 6.45) is 0. The van der Waals surface area contributed by atoms with Crippen molar-refractivity contribution in [3.05, 3.63) is 157 Å². The Morgan fingerprint density at radius 1 is 0.416 bits per heavy atom. The summed E-state index contributed by atoms with van der Waals surface area (Å²) in [5.41, 5.74) is -1.48. The Hall–Kier alpha value is -4.54. The first kappa shape index (κ1) is 65.0. The van der Waals surface area contributed by atoms with E-state index in [0.29, 0.717) is 35.6 Å². The summed E-state index contributed by atoms with van der Waals surface area (Å²) in [5.74, 6) is -3.62. The van der Waals surface area contributed by atoms with Crippen LogP contribution in [0.2, 0.25) is 0 Å². The summed E-state index contributed by atoms with van der Waals surface area (Å²) in [5, 5.41) is 44.6. The van der Waals surface area contributed by atoms with Crippen molar-refractivity contribution in [1.82, 2.24) is 0 Å². The quantitative estimate of drug-likeness (QED) is 0.0395. The Kier molecular flexibility index (Phi) is 22.1. The number of aromatic hydroxyl groups is 2. The zero-order chi connectivity index (χ0) is 52.6. The van der Waals surface area contributed by atoms with Crippen LogP contribution in [0.3, 0.4) is 0 Å². The number of hydrogen-bond donors (Lipinski definition) is 5. The first-order valence-electron chi connectivity index (χ1n) is 20.4. The van der Waals surface area contributed by atoms with E-state index in [9.17, 15) is 71.7 Å². The zero-order valence-electron chi connectivity index (χ0n) is 40.4.